The van der Waals surface area contributed by atoms with Crippen molar-refractivity contribution in [1.29, 1.82) is 0 Å². The first kappa shape index (κ1) is 12.8. The van der Waals surface area contributed by atoms with Crippen LogP contribution in [0.2, 0.25) is 0 Å². The predicted octanol–water partition coefficient (Wildman–Crippen LogP) is -0.855. The molecule has 1 aromatic rings. The number of nitrogens with two attached hydrogens (primary N) is 2. The summed E-state index contributed by atoms with van der Waals surface area (Å²) in [6.07, 6.45) is 1.03. The Bertz CT molecular complexity index is 379. The minimum atomic E-state index is 0.202. The molecule has 1 aliphatic rings. The fraction of sp³-hybridized carbons (Fsp3) is 0.636. The van der Waals surface area contributed by atoms with Gasteiger partial charge in [-0.2, -0.15) is 9.97 Å². The molecule has 0 radical (unpaired) electrons. The minimum Gasteiger partial charge on any atom is -0.395 e. The maximum absolute atomic E-state index is 8.96. The predicted molar refractivity (Wildman–Crippen MR) is 71.2 cm³/mol. The number of nitrogen functional groups attached to an aromatic ring is 2. The standard InChI is InChI=1S/C11H20N6O/c12-9-8-10(15-11(13)14-9)17-3-1-2-16(4-5-17)6-7-18/h8,18H,1-7H2,(H4,12,13,14,15). The highest BCUT2D eigenvalue weighted by Crippen LogP contribution is 2.16. The molecule has 2 rings (SSSR count). The van der Waals surface area contributed by atoms with Crippen molar-refractivity contribution in [3.8, 4) is 0 Å². The Balaban J connectivity index is 2.05. The molecule has 1 saturated heterocycles. The van der Waals surface area contributed by atoms with E-state index in [1.807, 2.05) is 0 Å². The molecule has 0 amide bonds. The monoisotopic (exact) mass is 252 g/mol. The lowest BCUT2D eigenvalue weighted by atomic mass is 10.3. The van der Waals surface area contributed by atoms with E-state index in [-0.39, 0.29) is 12.6 Å². The molecule has 2 heterocycles. The molecule has 1 fully saturated rings. The summed E-state index contributed by atoms with van der Waals surface area (Å²) in [5.74, 6) is 1.39. The summed E-state index contributed by atoms with van der Waals surface area (Å²) < 4.78 is 0. The van der Waals surface area contributed by atoms with Crippen LogP contribution in [0.3, 0.4) is 0 Å². The molecule has 7 nitrogen and oxygen atoms in total. The van der Waals surface area contributed by atoms with Gasteiger partial charge in [-0.25, -0.2) is 0 Å². The Kier molecular flexibility index (Phi) is 4.16. The zero-order valence-corrected chi connectivity index (χ0v) is 10.4. The second-order valence-electron chi connectivity index (χ2n) is 4.42. The molecular formula is C11H20N6O. The van der Waals surface area contributed by atoms with Crippen LogP contribution in [0.1, 0.15) is 6.42 Å². The van der Waals surface area contributed by atoms with Crippen LogP contribution in [0.5, 0.6) is 0 Å². The fourth-order valence-corrected chi connectivity index (χ4v) is 2.20. The van der Waals surface area contributed by atoms with Crippen molar-refractivity contribution < 1.29 is 5.11 Å². The van der Waals surface area contributed by atoms with Crippen molar-refractivity contribution >= 4 is 17.6 Å². The second-order valence-corrected chi connectivity index (χ2v) is 4.42. The van der Waals surface area contributed by atoms with E-state index < -0.39 is 0 Å². The summed E-state index contributed by atoms with van der Waals surface area (Å²) in [7, 11) is 0. The molecule has 1 aliphatic heterocycles. The molecule has 0 aromatic carbocycles. The van der Waals surface area contributed by atoms with E-state index in [0.29, 0.717) is 5.82 Å². The Morgan fingerprint density at radius 3 is 2.72 bits per heavy atom. The molecule has 0 aliphatic carbocycles. The van der Waals surface area contributed by atoms with Crippen LogP contribution in [0.4, 0.5) is 17.6 Å². The fourth-order valence-electron chi connectivity index (χ4n) is 2.20. The van der Waals surface area contributed by atoms with Crippen LogP contribution < -0.4 is 16.4 Å². The molecule has 0 saturated carbocycles. The number of aromatic nitrogens is 2. The van der Waals surface area contributed by atoms with Crippen molar-refractivity contribution in [2.75, 3.05) is 55.7 Å². The summed E-state index contributed by atoms with van der Waals surface area (Å²) in [5.41, 5.74) is 11.3. The normalized spacial score (nSPS) is 17.7. The molecule has 0 spiro atoms. The third kappa shape index (κ3) is 3.21. The van der Waals surface area contributed by atoms with E-state index in [1.54, 1.807) is 6.07 Å². The average molecular weight is 252 g/mol. The topological polar surface area (TPSA) is 105 Å². The largest absolute Gasteiger partial charge is 0.395 e. The van der Waals surface area contributed by atoms with Gasteiger partial charge in [-0.1, -0.05) is 0 Å². The lowest BCUT2D eigenvalue weighted by Gasteiger charge is -2.22. The van der Waals surface area contributed by atoms with Crippen molar-refractivity contribution in [3.05, 3.63) is 6.07 Å². The van der Waals surface area contributed by atoms with Gasteiger partial charge >= 0.3 is 0 Å². The van der Waals surface area contributed by atoms with Gasteiger partial charge in [0.1, 0.15) is 11.6 Å². The number of aliphatic hydroxyl groups is 1. The van der Waals surface area contributed by atoms with Gasteiger partial charge in [0, 0.05) is 32.2 Å². The number of rotatable bonds is 3. The average Bonchev–Trinajstić information content (AvgIpc) is 2.54. The molecule has 0 unspecified atom stereocenters. The summed E-state index contributed by atoms with van der Waals surface area (Å²) >= 11 is 0. The number of β-amino-alcohol motifs (C(OH)–C–C–N with tert-alkyl or cyclic N) is 1. The van der Waals surface area contributed by atoms with Gasteiger partial charge in [0.2, 0.25) is 5.95 Å². The highest BCUT2D eigenvalue weighted by molar-refractivity contribution is 5.50. The number of anilines is 3. The van der Waals surface area contributed by atoms with Gasteiger partial charge in [-0.05, 0) is 13.0 Å². The van der Waals surface area contributed by atoms with Gasteiger partial charge in [0.25, 0.3) is 0 Å². The molecule has 18 heavy (non-hydrogen) atoms. The van der Waals surface area contributed by atoms with Gasteiger partial charge in [-0.15, -0.1) is 0 Å². The number of aliphatic hydroxyl groups excluding tert-OH is 1. The number of hydrogen-bond donors (Lipinski definition) is 3. The summed E-state index contributed by atoms with van der Waals surface area (Å²) in [4.78, 5) is 12.5. The van der Waals surface area contributed by atoms with E-state index in [1.165, 1.54) is 0 Å². The van der Waals surface area contributed by atoms with E-state index >= 15 is 0 Å². The van der Waals surface area contributed by atoms with Crippen LogP contribution in [0, 0.1) is 0 Å². The van der Waals surface area contributed by atoms with Gasteiger partial charge < -0.3 is 21.5 Å². The Morgan fingerprint density at radius 1 is 1.17 bits per heavy atom. The van der Waals surface area contributed by atoms with Crippen LogP contribution in [-0.4, -0.2) is 59.3 Å². The Labute approximate surface area is 106 Å². The van der Waals surface area contributed by atoms with Crippen LogP contribution in [0.25, 0.3) is 0 Å². The molecule has 100 valence electrons. The number of nitrogens with zero attached hydrogens (tertiary/aromatic N) is 4. The van der Waals surface area contributed by atoms with Crippen molar-refractivity contribution in [2.24, 2.45) is 0 Å². The van der Waals surface area contributed by atoms with E-state index in [0.717, 1.165) is 45.0 Å². The van der Waals surface area contributed by atoms with Crippen LogP contribution in [0.15, 0.2) is 6.07 Å². The van der Waals surface area contributed by atoms with Gasteiger partial charge in [-0.3, -0.25) is 4.90 Å². The highest BCUT2D eigenvalue weighted by Gasteiger charge is 2.16. The quantitative estimate of drug-likeness (QED) is 0.643. The molecule has 1 aromatic heterocycles. The highest BCUT2D eigenvalue weighted by atomic mass is 16.3. The first-order chi connectivity index (χ1) is 8.69. The molecule has 7 heteroatoms. The summed E-state index contributed by atoms with van der Waals surface area (Å²) in [6, 6.07) is 1.75. The Morgan fingerprint density at radius 2 is 2.00 bits per heavy atom. The Hall–Kier alpha value is -1.60. The zero-order valence-electron chi connectivity index (χ0n) is 10.4. The van der Waals surface area contributed by atoms with Crippen molar-refractivity contribution in [1.82, 2.24) is 14.9 Å². The molecule has 0 atom stereocenters. The minimum absolute atomic E-state index is 0.202. The van der Waals surface area contributed by atoms with E-state index in [9.17, 15) is 0 Å². The number of hydrogen-bond acceptors (Lipinski definition) is 7. The third-order valence-corrected chi connectivity index (χ3v) is 3.08. The molecular weight excluding hydrogens is 232 g/mol. The van der Waals surface area contributed by atoms with E-state index in [2.05, 4.69) is 19.8 Å². The van der Waals surface area contributed by atoms with Crippen LogP contribution in [-0.2, 0) is 0 Å². The summed E-state index contributed by atoms with van der Waals surface area (Å²) in [6.45, 7) is 4.60. The smallest absolute Gasteiger partial charge is 0.223 e. The molecule has 0 bridgehead atoms. The third-order valence-electron chi connectivity index (χ3n) is 3.08. The SMILES string of the molecule is Nc1cc(N2CCCN(CCO)CC2)nc(N)n1. The zero-order chi connectivity index (χ0) is 13.0. The van der Waals surface area contributed by atoms with Gasteiger partial charge in [0.05, 0.1) is 6.61 Å². The van der Waals surface area contributed by atoms with Gasteiger partial charge in [0.15, 0.2) is 0 Å². The lowest BCUT2D eigenvalue weighted by molar-refractivity contribution is 0.204. The van der Waals surface area contributed by atoms with Crippen molar-refractivity contribution in [2.45, 2.75) is 6.42 Å². The first-order valence-corrected chi connectivity index (χ1v) is 6.17. The van der Waals surface area contributed by atoms with E-state index in [4.69, 9.17) is 16.6 Å². The van der Waals surface area contributed by atoms with Crippen molar-refractivity contribution in [3.63, 3.8) is 0 Å². The first-order valence-electron chi connectivity index (χ1n) is 6.17. The summed E-state index contributed by atoms with van der Waals surface area (Å²) in [5, 5.41) is 8.96. The maximum Gasteiger partial charge on any atom is 0.223 e. The van der Waals surface area contributed by atoms with Crippen LogP contribution >= 0.6 is 0 Å². The second kappa shape index (κ2) is 5.83. The lowest BCUT2D eigenvalue weighted by Crippen LogP contribution is -2.32. The molecule has 5 N–H and O–H groups in total. The maximum atomic E-state index is 8.96.